The first-order valence-corrected chi connectivity index (χ1v) is 8.99. The van der Waals surface area contributed by atoms with E-state index >= 15 is 0 Å². The van der Waals surface area contributed by atoms with Crippen LogP contribution in [0.2, 0.25) is 5.02 Å². The minimum atomic E-state index is -0.395. The van der Waals surface area contributed by atoms with E-state index in [2.05, 4.69) is 5.32 Å². The van der Waals surface area contributed by atoms with Gasteiger partial charge in [-0.15, -0.1) is 0 Å². The monoisotopic (exact) mass is 390 g/mol. The molecule has 138 valence electrons. The average Bonchev–Trinajstić information content (AvgIpc) is 2.94. The van der Waals surface area contributed by atoms with Crippen molar-refractivity contribution in [3.8, 4) is 0 Å². The second-order valence-electron chi connectivity index (χ2n) is 6.48. The van der Waals surface area contributed by atoms with Crippen LogP contribution in [0.25, 0.3) is 0 Å². The van der Waals surface area contributed by atoms with Gasteiger partial charge in [0.2, 0.25) is 0 Å². The van der Waals surface area contributed by atoms with Gasteiger partial charge in [-0.2, -0.15) is 0 Å². The van der Waals surface area contributed by atoms with E-state index < -0.39 is 11.8 Å². The van der Waals surface area contributed by atoms with Crippen molar-refractivity contribution in [2.24, 2.45) is 0 Å². The maximum Gasteiger partial charge on any atom is 0.266 e. The summed E-state index contributed by atoms with van der Waals surface area (Å²) in [6, 6.07) is 18.5. The number of hydrogen-bond donors (Lipinski definition) is 1. The molecule has 1 N–H and O–H groups in total. The van der Waals surface area contributed by atoms with E-state index in [1.54, 1.807) is 54.6 Å². The Morgan fingerprint density at radius 1 is 0.893 bits per heavy atom. The molecule has 3 aromatic carbocycles. The van der Waals surface area contributed by atoms with Crippen molar-refractivity contribution in [1.29, 1.82) is 0 Å². The molecule has 5 nitrogen and oxygen atoms in total. The lowest BCUT2D eigenvalue weighted by atomic mass is 10.1. The molecule has 0 aromatic heterocycles. The van der Waals surface area contributed by atoms with E-state index in [9.17, 15) is 14.4 Å². The lowest BCUT2D eigenvalue weighted by Crippen LogP contribution is -2.29. The molecule has 3 amide bonds. The van der Waals surface area contributed by atoms with E-state index in [4.69, 9.17) is 11.6 Å². The number of imide groups is 1. The summed E-state index contributed by atoms with van der Waals surface area (Å²) in [4.78, 5) is 38.7. The van der Waals surface area contributed by atoms with Gasteiger partial charge in [0.1, 0.15) is 0 Å². The number of hydrogen-bond acceptors (Lipinski definition) is 3. The summed E-state index contributed by atoms with van der Waals surface area (Å²) in [7, 11) is 0. The number of aryl methyl sites for hydroxylation is 1. The number of benzene rings is 3. The van der Waals surface area contributed by atoms with E-state index in [0.717, 1.165) is 10.5 Å². The summed E-state index contributed by atoms with van der Waals surface area (Å²) in [5, 5.41) is 2.98. The van der Waals surface area contributed by atoms with Crippen LogP contribution >= 0.6 is 11.6 Å². The normalized spacial score (nSPS) is 12.9. The lowest BCUT2D eigenvalue weighted by Gasteiger charge is -2.16. The van der Waals surface area contributed by atoms with Gasteiger partial charge in [-0.3, -0.25) is 14.4 Å². The molecule has 0 radical (unpaired) electrons. The Bertz CT molecular complexity index is 1110. The highest BCUT2D eigenvalue weighted by atomic mass is 35.5. The highest BCUT2D eigenvalue weighted by Crippen LogP contribution is 2.33. The molecule has 1 heterocycles. The third kappa shape index (κ3) is 3.06. The van der Waals surface area contributed by atoms with Gasteiger partial charge in [-0.25, -0.2) is 4.90 Å². The van der Waals surface area contributed by atoms with Crippen molar-refractivity contribution >= 4 is 40.7 Å². The van der Waals surface area contributed by atoms with Crippen LogP contribution in [-0.2, 0) is 0 Å². The number of halogens is 1. The zero-order chi connectivity index (χ0) is 19.8. The van der Waals surface area contributed by atoms with Crippen molar-refractivity contribution in [2.75, 3.05) is 10.2 Å². The molecular formula is C22H15ClN2O3. The fourth-order valence-corrected chi connectivity index (χ4v) is 3.37. The number of fused-ring (bicyclic) bond motifs is 1. The first kappa shape index (κ1) is 17.9. The van der Waals surface area contributed by atoms with Crippen LogP contribution in [0.3, 0.4) is 0 Å². The largest absolute Gasteiger partial charge is 0.321 e. The summed E-state index contributed by atoms with van der Waals surface area (Å²) in [6.45, 7) is 1.90. The van der Waals surface area contributed by atoms with Crippen LogP contribution in [0, 0.1) is 6.92 Å². The zero-order valence-electron chi connectivity index (χ0n) is 14.9. The van der Waals surface area contributed by atoms with Crippen LogP contribution in [0.4, 0.5) is 11.4 Å². The third-order valence-corrected chi connectivity index (χ3v) is 4.85. The zero-order valence-corrected chi connectivity index (χ0v) is 15.7. The molecule has 0 bridgehead atoms. The molecule has 6 heteroatoms. The second kappa shape index (κ2) is 6.94. The molecule has 0 unspecified atom stereocenters. The Hall–Kier alpha value is -3.44. The van der Waals surface area contributed by atoms with E-state index in [-0.39, 0.29) is 10.9 Å². The molecule has 0 spiro atoms. The van der Waals surface area contributed by atoms with Gasteiger partial charge in [0.15, 0.2) is 0 Å². The Morgan fingerprint density at radius 3 is 2.18 bits per heavy atom. The van der Waals surface area contributed by atoms with Crippen molar-refractivity contribution in [1.82, 2.24) is 0 Å². The molecule has 1 aliphatic heterocycles. The Balaban J connectivity index is 1.60. The molecule has 4 rings (SSSR count). The minimum absolute atomic E-state index is 0.232. The maximum absolute atomic E-state index is 12.6. The van der Waals surface area contributed by atoms with Crippen LogP contribution in [0.5, 0.6) is 0 Å². The summed E-state index contributed by atoms with van der Waals surface area (Å²) in [5.41, 5.74) is 2.96. The summed E-state index contributed by atoms with van der Waals surface area (Å²) < 4.78 is 0. The predicted octanol–water partition coefficient (Wildman–Crippen LogP) is 4.70. The number of nitrogens with zero attached hydrogens (tertiary/aromatic N) is 1. The standard InChI is InChI=1S/C22H15ClN2O3/c1-13-5-4-6-14(11-13)20(26)24-19-10-9-15(12-18(19)23)25-21(27)16-7-2-3-8-17(16)22(25)28/h2-12H,1H3,(H,24,26). The fourth-order valence-electron chi connectivity index (χ4n) is 3.15. The second-order valence-corrected chi connectivity index (χ2v) is 6.89. The maximum atomic E-state index is 12.6. The van der Waals surface area contributed by atoms with Gasteiger partial charge in [0.25, 0.3) is 17.7 Å². The van der Waals surface area contributed by atoms with Gasteiger partial charge < -0.3 is 5.32 Å². The first-order valence-electron chi connectivity index (χ1n) is 8.61. The van der Waals surface area contributed by atoms with Gasteiger partial charge in [0, 0.05) is 5.56 Å². The predicted molar refractivity (Wildman–Crippen MR) is 108 cm³/mol. The number of nitrogens with one attached hydrogen (secondary N) is 1. The third-order valence-electron chi connectivity index (χ3n) is 4.53. The van der Waals surface area contributed by atoms with Crippen LogP contribution in [-0.4, -0.2) is 17.7 Å². The SMILES string of the molecule is Cc1cccc(C(=O)Nc2ccc(N3C(=O)c4ccccc4C3=O)cc2Cl)c1. The van der Waals surface area contributed by atoms with Crippen molar-refractivity contribution in [3.63, 3.8) is 0 Å². The highest BCUT2D eigenvalue weighted by molar-refractivity contribution is 6.37. The van der Waals surface area contributed by atoms with Crippen molar-refractivity contribution in [3.05, 3.63) is 94.0 Å². The average molecular weight is 391 g/mol. The highest BCUT2D eigenvalue weighted by Gasteiger charge is 2.36. The molecule has 1 aliphatic rings. The lowest BCUT2D eigenvalue weighted by molar-refractivity contribution is 0.0924. The molecule has 0 saturated heterocycles. The Morgan fingerprint density at radius 2 is 1.57 bits per heavy atom. The van der Waals surface area contributed by atoms with Gasteiger partial charge in [-0.05, 0) is 49.4 Å². The smallest absolute Gasteiger partial charge is 0.266 e. The Kier molecular flexibility index (Phi) is 4.45. The quantitative estimate of drug-likeness (QED) is 0.659. The van der Waals surface area contributed by atoms with Crippen LogP contribution in [0.15, 0.2) is 66.7 Å². The summed E-state index contributed by atoms with van der Waals surface area (Å²) in [5.74, 6) is -1.08. The number of rotatable bonds is 3. The van der Waals surface area contributed by atoms with Crippen LogP contribution in [0.1, 0.15) is 36.6 Å². The topological polar surface area (TPSA) is 66.5 Å². The number of carbonyl (C=O) groups excluding carboxylic acids is 3. The van der Waals surface area contributed by atoms with Gasteiger partial charge >= 0.3 is 0 Å². The molecule has 0 fully saturated rings. The molecule has 0 aliphatic carbocycles. The van der Waals surface area contributed by atoms with E-state index in [1.807, 2.05) is 13.0 Å². The van der Waals surface area contributed by atoms with Gasteiger partial charge in [0.05, 0.1) is 27.5 Å². The van der Waals surface area contributed by atoms with E-state index in [1.165, 1.54) is 6.07 Å². The number of carbonyl (C=O) groups is 3. The minimum Gasteiger partial charge on any atom is -0.321 e. The fraction of sp³-hybridized carbons (Fsp3) is 0.0455. The van der Waals surface area contributed by atoms with E-state index in [0.29, 0.717) is 28.1 Å². The molecular weight excluding hydrogens is 376 g/mol. The summed E-state index contributed by atoms with van der Waals surface area (Å²) >= 11 is 6.31. The molecule has 28 heavy (non-hydrogen) atoms. The van der Waals surface area contributed by atoms with Crippen molar-refractivity contribution < 1.29 is 14.4 Å². The van der Waals surface area contributed by atoms with Crippen LogP contribution < -0.4 is 10.2 Å². The summed E-state index contributed by atoms with van der Waals surface area (Å²) in [6.07, 6.45) is 0. The molecule has 0 atom stereocenters. The first-order chi connectivity index (χ1) is 13.5. The van der Waals surface area contributed by atoms with Crippen molar-refractivity contribution in [2.45, 2.75) is 6.92 Å². The number of amides is 3. The Labute approximate surface area is 166 Å². The van der Waals surface area contributed by atoms with Gasteiger partial charge in [-0.1, -0.05) is 41.4 Å². The molecule has 0 saturated carbocycles. The number of anilines is 2. The molecule has 3 aromatic rings.